The van der Waals surface area contributed by atoms with E-state index in [2.05, 4.69) is 55.4 Å². The molecule has 15 nitrogen and oxygen atoms in total. The molecule has 306 valence electrons. The molecular formula is C41H48F2N10O5. The van der Waals surface area contributed by atoms with Crippen LogP contribution >= 0.6 is 0 Å². The zero-order valence-electron chi connectivity index (χ0n) is 32.7. The minimum Gasteiger partial charge on any atom is -0.504 e. The van der Waals surface area contributed by atoms with E-state index in [1.54, 1.807) is 11.0 Å². The van der Waals surface area contributed by atoms with Crippen molar-refractivity contribution in [3.05, 3.63) is 59.2 Å². The highest BCUT2D eigenvalue weighted by Crippen LogP contribution is 2.38. The number of phenols is 1. The number of aromatic nitrogens is 2. The van der Waals surface area contributed by atoms with Gasteiger partial charge < -0.3 is 34.9 Å². The van der Waals surface area contributed by atoms with Crippen LogP contribution in [0, 0.1) is 17.6 Å². The first-order chi connectivity index (χ1) is 27.9. The van der Waals surface area contributed by atoms with E-state index in [9.17, 15) is 33.1 Å². The quantitative estimate of drug-likeness (QED) is 0.326. The molecule has 3 N–H and O–H groups in total. The van der Waals surface area contributed by atoms with Gasteiger partial charge in [0.25, 0.3) is 5.91 Å². The van der Waals surface area contributed by atoms with Crippen molar-refractivity contribution in [1.82, 2.24) is 35.1 Å². The Morgan fingerprint density at radius 2 is 1.67 bits per heavy atom. The number of hydrogen-bond acceptors (Lipinski definition) is 11. The Balaban J connectivity index is 0.773. The molecule has 5 amide bonds. The fourth-order valence-electron chi connectivity index (χ4n) is 9.95. The molecule has 4 saturated heterocycles. The minimum atomic E-state index is -1.07. The maximum absolute atomic E-state index is 14.1. The number of halogens is 2. The number of urea groups is 1. The van der Waals surface area contributed by atoms with E-state index in [0.717, 1.165) is 62.9 Å². The molecule has 4 fully saturated rings. The number of piperidine rings is 2. The highest BCUT2D eigenvalue weighted by atomic mass is 19.1. The van der Waals surface area contributed by atoms with Crippen molar-refractivity contribution in [2.24, 2.45) is 5.92 Å². The lowest BCUT2D eigenvalue weighted by Gasteiger charge is -2.50. The predicted molar refractivity (Wildman–Crippen MR) is 210 cm³/mol. The first-order valence-corrected chi connectivity index (χ1v) is 20.3. The molecule has 0 bridgehead atoms. The Labute approximate surface area is 334 Å². The number of nitrogens with zero attached hydrogens (tertiary/aromatic N) is 8. The Hall–Kier alpha value is -5.58. The molecule has 0 aliphatic carbocycles. The maximum atomic E-state index is 14.1. The van der Waals surface area contributed by atoms with Gasteiger partial charge in [0, 0.05) is 107 Å². The molecule has 58 heavy (non-hydrogen) atoms. The normalized spacial score (nSPS) is 25.3. The standard InChI is InChI=1S/C41H48F2N10O5/c1-23-18-48(20-25-7-9-49(10-8-25)28-4-3-26-21-52(40(57)30(26)15-28)34-5-6-36(54)45-39(34)56)19-24(2)53(23)41(58)50-11-12-51-29(22-50)17-44-38-35(51)16-33(46-47-38)31-13-27(42)14-32(43)37(31)55/h3-4,13-16,23-25,29,34,55H,5-12,17-22H2,1-2H3,(H,44,47)(H,45,54,56)/t23-,24+,29-,34-/m1/s1. The predicted octanol–water partition coefficient (Wildman–Crippen LogP) is 3.24. The molecule has 7 heterocycles. The van der Waals surface area contributed by atoms with Crippen molar-refractivity contribution >= 4 is 40.9 Å². The van der Waals surface area contributed by atoms with E-state index in [4.69, 9.17) is 0 Å². The van der Waals surface area contributed by atoms with Gasteiger partial charge >= 0.3 is 6.03 Å². The minimum absolute atomic E-state index is 0.0279. The third-order valence-corrected chi connectivity index (χ3v) is 12.9. The lowest BCUT2D eigenvalue weighted by Crippen LogP contribution is -2.65. The van der Waals surface area contributed by atoms with Crippen molar-refractivity contribution in [1.29, 1.82) is 0 Å². The summed E-state index contributed by atoms with van der Waals surface area (Å²) in [5.41, 5.74) is 3.34. The summed E-state index contributed by atoms with van der Waals surface area (Å²) in [7, 11) is 0. The summed E-state index contributed by atoms with van der Waals surface area (Å²) < 4.78 is 28.2. The van der Waals surface area contributed by atoms with Crippen molar-refractivity contribution in [3.63, 3.8) is 0 Å². The van der Waals surface area contributed by atoms with Crippen LogP contribution in [0.2, 0.25) is 0 Å². The lowest BCUT2D eigenvalue weighted by atomic mass is 9.94. The van der Waals surface area contributed by atoms with Crippen LogP contribution in [0.25, 0.3) is 11.3 Å². The zero-order valence-corrected chi connectivity index (χ0v) is 32.7. The van der Waals surface area contributed by atoms with Gasteiger partial charge in [0.05, 0.1) is 17.4 Å². The van der Waals surface area contributed by atoms with Gasteiger partial charge in [-0.3, -0.25) is 24.6 Å². The number of aromatic hydroxyl groups is 1. The monoisotopic (exact) mass is 798 g/mol. The van der Waals surface area contributed by atoms with Crippen molar-refractivity contribution in [2.45, 2.75) is 70.2 Å². The number of piperazine rings is 2. The van der Waals surface area contributed by atoms with Gasteiger partial charge in [-0.05, 0) is 68.9 Å². The third kappa shape index (κ3) is 6.92. The molecule has 2 aromatic carbocycles. The van der Waals surface area contributed by atoms with Crippen LogP contribution in [-0.2, 0) is 16.1 Å². The molecule has 6 aliphatic heterocycles. The van der Waals surface area contributed by atoms with E-state index in [0.29, 0.717) is 68.2 Å². The zero-order chi connectivity index (χ0) is 40.4. The molecule has 0 spiro atoms. The average Bonchev–Trinajstić information content (AvgIpc) is 3.53. The molecule has 17 heteroatoms. The van der Waals surface area contributed by atoms with Crippen LogP contribution in [-0.4, -0.2) is 142 Å². The number of carbonyl (C=O) groups is 4. The van der Waals surface area contributed by atoms with Gasteiger partial charge in [0.1, 0.15) is 11.9 Å². The lowest BCUT2D eigenvalue weighted by molar-refractivity contribution is -0.136. The van der Waals surface area contributed by atoms with E-state index < -0.39 is 29.3 Å². The number of amides is 5. The smallest absolute Gasteiger partial charge is 0.320 e. The van der Waals surface area contributed by atoms with E-state index in [-0.39, 0.29) is 53.6 Å². The molecule has 9 rings (SSSR count). The molecule has 4 atom stereocenters. The number of rotatable bonds is 5. The number of phenolic OH excluding ortho intramolecular Hbond substituents is 1. The summed E-state index contributed by atoms with van der Waals surface area (Å²) >= 11 is 0. The van der Waals surface area contributed by atoms with Crippen LogP contribution < -0.4 is 20.4 Å². The van der Waals surface area contributed by atoms with Crippen molar-refractivity contribution in [2.75, 3.05) is 74.0 Å². The second kappa shape index (κ2) is 15.0. The summed E-state index contributed by atoms with van der Waals surface area (Å²) in [4.78, 5) is 64.2. The number of hydrogen-bond donors (Lipinski definition) is 3. The number of nitrogens with one attached hydrogen (secondary N) is 2. The number of carbonyl (C=O) groups excluding carboxylic acids is 4. The third-order valence-electron chi connectivity index (χ3n) is 12.9. The van der Waals surface area contributed by atoms with Gasteiger partial charge in [0.2, 0.25) is 11.8 Å². The Morgan fingerprint density at radius 3 is 2.43 bits per heavy atom. The Bertz CT molecular complexity index is 2150. The molecule has 3 aromatic rings. The van der Waals surface area contributed by atoms with Gasteiger partial charge in [-0.2, -0.15) is 0 Å². The first kappa shape index (κ1) is 38.0. The van der Waals surface area contributed by atoms with Crippen molar-refractivity contribution in [3.8, 4) is 17.0 Å². The van der Waals surface area contributed by atoms with Crippen LogP contribution in [0.5, 0.6) is 5.75 Å². The van der Waals surface area contributed by atoms with Crippen LogP contribution in [0.1, 0.15) is 55.5 Å². The number of imide groups is 1. The molecule has 0 radical (unpaired) electrons. The average molecular weight is 799 g/mol. The maximum Gasteiger partial charge on any atom is 0.320 e. The second-order valence-electron chi connectivity index (χ2n) is 16.7. The van der Waals surface area contributed by atoms with Crippen LogP contribution in [0.4, 0.5) is 30.8 Å². The molecule has 1 aromatic heterocycles. The van der Waals surface area contributed by atoms with Gasteiger partial charge in [-0.1, -0.05) is 6.07 Å². The highest BCUT2D eigenvalue weighted by Gasteiger charge is 2.42. The number of benzene rings is 2. The summed E-state index contributed by atoms with van der Waals surface area (Å²) in [6.07, 6.45) is 2.62. The van der Waals surface area contributed by atoms with E-state index in [1.165, 1.54) is 0 Å². The first-order valence-electron chi connectivity index (χ1n) is 20.3. The summed E-state index contributed by atoms with van der Waals surface area (Å²) in [6.45, 7) is 11.0. The molecule has 6 aliphatic rings. The number of anilines is 3. The van der Waals surface area contributed by atoms with E-state index >= 15 is 0 Å². The van der Waals surface area contributed by atoms with Crippen molar-refractivity contribution < 1.29 is 33.1 Å². The van der Waals surface area contributed by atoms with Gasteiger partial charge in [-0.25, -0.2) is 13.6 Å². The fraction of sp³-hybridized carbons (Fsp3) is 0.512. The summed E-state index contributed by atoms with van der Waals surface area (Å²) in [6, 6.07) is 8.76. The molecule has 0 unspecified atom stereocenters. The number of fused-ring (bicyclic) bond motifs is 4. The fourth-order valence-corrected chi connectivity index (χ4v) is 9.95. The van der Waals surface area contributed by atoms with Gasteiger partial charge in [0.15, 0.2) is 17.4 Å². The van der Waals surface area contributed by atoms with Gasteiger partial charge in [-0.15, -0.1) is 10.2 Å². The summed E-state index contributed by atoms with van der Waals surface area (Å²) in [5.74, 6) is -2.38. The van der Waals surface area contributed by atoms with E-state index in [1.807, 2.05) is 21.9 Å². The Kier molecular flexibility index (Phi) is 9.80. The van der Waals surface area contributed by atoms with Crippen LogP contribution in [0.15, 0.2) is 36.4 Å². The largest absolute Gasteiger partial charge is 0.504 e. The molecular weight excluding hydrogens is 751 g/mol. The topological polar surface area (TPSA) is 158 Å². The van der Waals surface area contributed by atoms with Crippen LogP contribution in [0.3, 0.4) is 0 Å². The molecule has 0 saturated carbocycles. The SMILES string of the molecule is C[C@@H]1CN(CC2CCN(c3ccc4c(c3)C(=O)N([C@@H]3CCC(=O)NC3=O)C4)CC2)C[C@H](C)N1C(=O)N1CCN2c3cc(-c4cc(F)cc(F)c4O)nnc3NC[C@@H]2C1. The Morgan fingerprint density at radius 1 is 0.897 bits per heavy atom. The summed E-state index contributed by atoms with van der Waals surface area (Å²) in [5, 5.41) is 24.3. The second-order valence-corrected chi connectivity index (χ2v) is 16.7. The highest BCUT2D eigenvalue weighted by molar-refractivity contribution is 6.05.